The van der Waals surface area contributed by atoms with Gasteiger partial charge in [-0.3, -0.25) is 9.59 Å². The van der Waals surface area contributed by atoms with Crippen molar-refractivity contribution >= 4 is 11.8 Å². The van der Waals surface area contributed by atoms with E-state index in [0.717, 1.165) is 18.1 Å². The number of hydrogen-bond donors (Lipinski definition) is 3. The van der Waals surface area contributed by atoms with Crippen LogP contribution in [-0.2, 0) is 22.4 Å². The van der Waals surface area contributed by atoms with E-state index < -0.39 is 23.6 Å². The van der Waals surface area contributed by atoms with Gasteiger partial charge in [0, 0.05) is 12.5 Å². The highest BCUT2D eigenvalue weighted by molar-refractivity contribution is 5.83. The Kier molecular flexibility index (Phi) is 11.0. The Bertz CT molecular complexity index is 952. The van der Waals surface area contributed by atoms with Crippen molar-refractivity contribution in [3.05, 3.63) is 66.1 Å². The van der Waals surface area contributed by atoms with Crippen molar-refractivity contribution in [1.82, 2.24) is 5.32 Å². The van der Waals surface area contributed by atoms with Crippen molar-refractivity contribution in [2.24, 2.45) is 11.7 Å². The van der Waals surface area contributed by atoms with Crippen molar-refractivity contribution < 1.29 is 28.6 Å². The summed E-state index contributed by atoms with van der Waals surface area (Å²) < 4.78 is 25.1. The van der Waals surface area contributed by atoms with Crippen LogP contribution < -0.4 is 20.5 Å². The number of halogens is 1. The van der Waals surface area contributed by atoms with E-state index >= 15 is 0 Å². The molecule has 8 heteroatoms. The molecule has 0 aliphatic heterocycles. The lowest BCUT2D eigenvalue weighted by Crippen LogP contribution is -2.39. The summed E-state index contributed by atoms with van der Waals surface area (Å²) in [6, 6.07) is 15.0. The van der Waals surface area contributed by atoms with Crippen molar-refractivity contribution in [1.29, 1.82) is 0 Å². The molecule has 1 radical (unpaired) electrons. The molecule has 0 aliphatic rings. The highest BCUT2D eigenvalue weighted by atomic mass is 19.1. The van der Waals surface area contributed by atoms with E-state index in [1.807, 2.05) is 36.4 Å². The van der Waals surface area contributed by atoms with Crippen LogP contribution in [-0.4, -0.2) is 49.5 Å². The number of benzene rings is 2. The Morgan fingerprint density at radius 1 is 1.17 bits per heavy atom. The molecule has 0 spiro atoms. The third-order valence-electron chi connectivity index (χ3n) is 6.02. The molecule has 0 bridgehead atoms. The summed E-state index contributed by atoms with van der Waals surface area (Å²) in [5, 5.41) is 13.4. The lowest BCUT2D eigenvalue weighted by molar-refractivity contribution is -0.131. The molecular weight excluding hydrogens is 451 g/mol. The molecule has 4 N–H and O–H groups in total. The van der Waals surface area contributed by atoms with Crippen molar-refractivity contribution in [3.63, 3.8) is 0 Å². The van der Waals surface area contributed by atoms with Crippen LogP contribution in [0.15, 0.2) is 48.5 Å². The Morgan fingerprint density at radius 2 is 1.89 bits per heavy atom. The number of aliphatic hydroxyl groups is 1. The number of aliphatic hydroxyl groups excluding tert-OH is 1. The van der Waals surface area contributed by atoms with E-state index in [0.29, 0.717) is 30.9 Å². The second-order valence-electron chi connectivity index (χ2n) is 8.74. The van der Waals surface area contributed by atoms with Crippen LogP contribution in [0.5, 0.6) is 11.5 Å². The molecule has 2 aromatic rings. The number of carbonyl (C=O) groups is 2. The quantitative estimate of drug-likeness (QED) is 0.357. The van der Waals surface area contributed by atoms with Gasteiger partial charge in [-0.05, 0) is 74.8 Å². The fourth-order valence-corrected chi connectivity index (χ4v) is 3.74. The van der Waals surface area contributed by atoms with E-state index in [9.17, 15) is 19.1 Å². The van der Waals surface area contributed by atoms with Crippen molar-refractivity contribution in [2.75, 3.05) is 20.8 Å². The van der Waals surface area contributed by atoms with Gasteiger partial charge in [0.2, 0.25) is 5.91 Å². The summed E-state index contributed by atoms with van der Waals surface area (Å²) in [6.45, 7) is 1.42. The molecule has 0 aromatic heterocycles. The number of nitrogens with two attached hydrogens (primary N) is 1. The zero-order valence-electron chi connectivity index (χ0n) is 20.6. The first kappa shape index (κ1) is 28.1. The van der Waals surface area contributed by atoms with E-state index in [4.69, 9.17) is 15.2 Å². The lowest BCUT2D eigenvalue weighted by atomic mass is 9.88. The Labute approximate surface area is 206 Å². The SMILES string of the molecule is COc1ccc(OC)c(CCNC(=O)[C@H](CCC(C)(F)C(N)=O)C[C@@H](O)[CH]Cc2ccccc2)c1. The summed E-state index contributed by atoms with van der Waals surface area (Å²) in [5.74, 6) is -0.733. The largest absolute Gasteiger partial charge is 0.497 e. The number of nitrogens with one attached hydrogen (secondary N) is 1. The van der Waals surface area contributed by atoms with Gasteiger partial charge in [0.05, 0.1) is 20.3 Å². The zero-order valence-corrected chi connectivity index (χ0v) is 20.6. The number of carbonyl (C=O) groups excluding carboxylic acids is 2. The summed E-state index contributed by atoms with van der Waals surface area (Å²) in [5.41, 5.74) is 4.82. The molecular formula is C27H36FN2O5. The van der Waals surface area contributed by atoms with Gasteiger partial charge in [-0.25, -0.2) is 4.39 Å². The van der Waals surface area contributed by atoms with Gasteiger partial charge in [-0.1, -0.05) is 30.3 Å². The molecule has 2 aromatic carbocycles. The molecule has 2 rings (SSSR count). The molecule has 7 nitrogen and oxygen atoms in total. The molecule has 191 valence electrons. The molecule has 35 heavy (non-hydrogen) atoms. The van der Waals surface area contributed by atoms with Crippen LogP contribution in [0.2, 0.25) is 0 Å². The van der Waals surface area contributed by atoms with Crippen molar-refractivity contribution in [3.8, 4) is 11.5 Å². The van der Waals surface area contributed by atoms with Crippen molar-refractivity contribution in [2.45, 2.75) is 50.8 Å². The number of amides is 2. The third-order valence-corrected chi connectivity index (χ3v) is 6.02. The van der Waals surface area contributed by atoms with Gasteiger partial charge >= 0.3 is 0 Å². The topological polar surface area (TPSA) is 111 Å². The number of primary amides is 1. The minimum Gasteiger partial charge on any atom is -0.497 e. The van der Waals surface area contributed by atoms with Crippen LogP contribution in [0.3, 0.4) is 0 Å². The molecule has 3 atom stereocenters. The number of methoxy groups -OCH3 is 2. The van der Waals surface area contributed by atoms with Gasteiger partial charge in [0.25, 0.3) is 5.91 Å². The third kappa shape index (κ3) is 9.20. The number of ether oxygens (including phenoxy) is 2. The minimum atomic E-state index is -2.23. The number of alkyl halides is 1. The zero-order chi connectivity index (χ0) is 25.8. The second kappa shape index (κ2) is 13.7. The van der Waals surface area contributed by atoms with E-state index in [1.54, 1.807) is 32.8 Å². The van der Waals surface area contributed by atoms with Gasteiger partial charge in [0.15, 0.2) is 5.67 Å². The maximum Gasteiger partial charge on any atom is 0.254 e. The fraction of sp³-hybridized carbons (Fsp3) is 0.444. The maximum atomic E-state index is 14.5. The molecule has 0 fully saturated rings. The molecule has 0 saturated heterocycles. The predicted octanol–water partition coefficient (Wildman–Crippen LogP) is 3.17. The van der Waals surface area contributed by atoms with Crippen LogP contribution in [0, 0.1) is 12.3 Å². The molecule has 0 heterocycles. The Morgan fingerprint density at radius 3 is 2.51 bits per heavy atom. The highest BCUT2D eigenvalue weighted by Gasteiger charge is 2.33. The van der Waals surface area contributed by atoms with E-state index in [-0.39, 0.29) is 25.2 Å². The highest BCUT2D eigenvalue weighted by Crippen LogP contribution is 2.26. The van der Waals surface area contributed by atoms with Gasteiger partial charge in [-0.15, -0.1) is 0 Å². The molecule has 1 unspecified atom stereocenters. The van der Waals surface area contributed by atoms with Gasteiger partial charge in [0.1, 0.15) is 11.5 Å². The summed E-state index contributed by atoms with van der Waals surface area (Å²) >= 11 is 0. The fourth-order valence-electron chi connectivity index (χ4n) is 3.74. The van der Waals surface area contributed by atoms with Crippen LogP contribution in [0.25, 0.3) is 0 Å². The first-order valence-corrected chi connectivity index (χ1v) is 11.7. The van der Waals surface area contributed by atoms with E-state index in [1.165, 1.54) is 0 Å². The van der Waals surface area contributed by atoms with Crippen LogP contribution in [0.1, 0.15) is 37.3 Å². The first-order chi connectivity index (χ1) is 16.7. The summed E-state index contributed by atoms with van der Waals surface area (Å²) in [4.78, 5) is 24.4. The van der Waals surface area contributed by atoms with Gasteiger partial charge in [-0.2, -0.15) is 0 Å². The minimum absolute atomic E-state index is 0.0699. The number of rotatable bonds is 15. The lowest BCUT2D eigenvalue weighted by Gasteiger charge is -2.23. The first-order valence-electron chi connectivity index (χ1n) is 11.7. The normalized spacial score (nSPS) is 14.4. The predicted molar refractivity (Wildman–Crippen MR) is 133 cm³/mol. The summed E-state index contributed by atoms with van der Waals surface area (Å²) in [7, 11) is 3.14. The number of hydrogen-bond acceptors (Lipinski definition) is 5. The average molecular weight is 488 g/mol. The molecule has 0 aliphatic carbocycles. The maximum absolute atomic E-state index is 14.5. The Balaban J connectivity index is 2.00. The molecule has 0 saturated carbocycles. The molecule has 2 amide bonds. The Hall–Kier alpha value is -3.13. The smallest absolute Gasteiger partial charge is 0.254 e. The van der Waals surface area contributed by atoms with Crippen LogP contribution in [0.4, 0.5) is 4.39 Å². The monoisotopic (exact) mass is 487 g/mol. The van der Waals surface area contributed by atoms with E-state index in [2.05, 4.69) is 5.32 Å². The van der Waals surface area contributed by atoms with Crippen LogP contribution >= 0.6 is 0 Å². The second-order valence-corrected chi connectivity index (χ2v) is 8.74. The average Bonchev–Trinajstić information content (AvgIpc) is 2.85. The standard InChI is InChI=1S/C27H36FN2O5/c1-27(28,26(29)33)15-13-21(17-22(31)10-9-19-7-5-4-6-8-19)25(32)30-16-14-20-18-23(34-2)11-12-24(20)35-3/h4-8,10-12,18,21-22,31H,9,13-17H2,1-3H3,(H2,29,33)(H,30,32)/t21-,22+,27?/m1/s1. The summed E-state index contributed by atoms with van der Waals surface area (Å²) in [6.07, 6.45) is 1.84. The van der Waals surface area contributed by atoms with Gasteiger partial charge < -0.3 is 25.6 Å².